The first-order valence-electron chi connectivity index (χ1n) is 8.24. The fourth-order valence-corrected chi connectivity index (χ4v) is 3.41. The van der Waals surface area contributed by atoms with Crippen LogP contribution in [-0.2, 0) is 6.42 Å². The van der Waals surface area contributed by atoms with Crippen LogP contribution in [0.25, 0.3) is 0 Å². The van der Waals surface area contributed by atoms with Gasteiger partial charge >= 0.3 is 0 Å². The van der Waals surface area contributed by atoms with E-state index >= 15 is 0 Å². The SMILES string of the molecule is Cc1ccccc1CC(C)NCC1CCN(C2CC2)C1. The second-order valence-corrected chi connectivity index (χ2v) is 6.82. The van der Waals surface area contributed by atoms with Crippen LogP contribution in [0.1, 0.15) is 37.3 Å². The molecule has 2 unspecified atom stereocenters. The van der Waals surface area contributed by atoms with Crippen molar-refractivity contribution >= 4 is 0 Å². The summed E-state index contributed by atoms with van der Waals surface area (Å²) in [7, 11) is 0. The molecule has 1 aliphatic carbocycles. The quantitative estimate of drug-likeness (QED) is 0.856. The van der Waals surface area contributed by atoms with Crippen molar-refractivity contribution < 1.29 is 0 Å². The van der Waals surface area contributed by atoms with Crippen molar-refractivity contribution in [2.75, 3.05) is 19.6 Å². The highest BCUT2D eigenvalue weighted by atomic mass is 15.2. The summed E-state index contributed by atoms with van der Waals surface area (Å²) in [6.07, 6.45) is 5.43. The Labute approximate surface area is 123 Å². The van der Waals surface area contributed by atoms with Gasteiger partial charge in [-0.25, -0.2) is 0 Å². The van der Waals surface area contributed by atoms with Gasteiger partial charge in [-0.2, -0.15) is 0 Å². The summed E-state index contributed by atoms with van der Waals surface area (Å²) in [4.78, 5) is 2.71. The summed E-state index contributed by atoms with van der Waals surface area (Å²) < 4.78 is 0. The monoisotopic (exact) mass is 272 g/mol. The van der Waals surface area contributed by atoms with Gasteiger partial charge < -0.3 is 10.2 Å². The number of nitrogens with one attached hydrogen (secondary N) is 1. The van der Waals surface area contributed by atoms with Crippen LogP contribution in [0.15, 0.2) is 24.3 Å². The largest absolute Gasteiger partial charge is 0.314 e. The first-order valence-corrected chi connectivity index (χ1v) is 8.24. The van der Waals surface area contributed by atoms with E-state index in [1.807, 2.05) is 0 Å². The summed E-state index contributed by atoms with van der Waals surface area (Å²) in [5.41, 5.74) is 2.90. The average molecular weight is 272 g/mol. The van der Waals surface area contributed by atoms with Gasteiger partial charge in [-0.1, -0.05) is 24.3 Å². The van der Waals surface area contributed by atoms with E-state index in [1.165, 1.54) is 50.0 Å². The molecule has 0 radical (unpaired) electrons. The summed E-state index contributed by atoms with van der Waals surface area (Å²) in [6.45, 7) is 8.39. The first kappa shape index (κ1) is 14.1. The van der Waals surface area contributed by atoms with E-state index in [1.54, 1.807) is 0 Å². The van der Waals surface area contributed by atoms with Gasteiger partial charge in [0.05, 0.1) is 0 Å². The molecular weight excluding hydrogens is 244 g/mol. The van der Waals surface area contributed by atoms with E-state index < -0.39 is 0 Å². The number of nitrogens with zero attached hydrogens (tertiary/aromatic N) is 1. The third-order valence-electron chi connectivity index (χ3n) is 4.92. The average Bonchev–Trinajstić information content (AvgIpc) is 3.18. The molecule has 2 fully saturated rings. The van der Waals surface area contributed by atoms with Gasteiger partial charge in [0.25, 0.3) is 0 Å². The van der Waals surface area contributed by atoms with Crippen molar-refractivity contribution in [1.82, 2.24) is 10.2 Å². The molecule has 110 valence electrons. The summed E-state index contributed by atoms with van der Waals surface area (Å²) >= 11 is 0. The van der Waals surface area contributed by atoms with E-state index in [2.05, 4.69) is 48.3 Å². The number of hydrogen-bond donors (Lipinski definition) is 1. The Bertz CT molecular complexity index is 439. The lowest BCUT2D eigenvalue weighted by Gasteiger charge is -2.19. The van der Waals surface area contributed by atoms with Crippen LogP contribution in [-0.4, -0.2) is 36.6 Å². The molecule has 2 atom stereocenters. The normalized spacial score (nSPS) is 25.0. The van der Waals surface area contributed by atoms with E-state index in [0.717, 1.165) is 18.4 Å². The zero-order valence-corrected chi connectivity index (χ0v) is 12.9. The standard InChI is InChI=1S/C18H28N2/c1-14-5-3-4-6-17(14)11-15(2)19-12-16-9-10-20(13-16)18-7-8-18/h3-6,15-16,18-19H,7-13H2,1-2H3. The van der Waals surface area contributed by atoms with Gasteiger partial charge in [0.1, 0.15) is 0 Å². The number of benzene rings is 1. The Morgan fingerprint density at radius 2 is 2.05 bits per heavy atom. The van der Waals surface area contributed by atoms with Crippen molar-refractivity contribution in [1.29, 1.82) is 0 Å². The maximum Gasteiger partial charge on any atom is 0.00965 e. The smallest absolute Gasteiger partial charge is 0.00965 e. The molecule has 1 N–H and O–H groups in total. The molecule has 0 spiro atoms. The third kappa shape index (κ3) is 3.62. The molecule has 1 saturated carbocycles. The molecule has 1 aromatic rings. The van der Waals surface area contributed by atoms with Crippen molar-refractivity contribution in [3.8, 4) is 0 Å². The Hall–Kier alpha value is -0.860. The minimum absolute atomic E-state index is 0.575. The van der Waals surface area contributed by atoms with Crippen LogP contribution < -0.4 is 5.32 Å². The fraction of sp³-hybridized carbons (Fsp3) is 0.667. The lowest BCUT2D eigenvalue weighted by molar-refractivity contribution is 0.309. The Morgan fingerprint density at radius 1 is 1.25 bits per heavy atom. The van der Waals surface area contributed by atoms with Gasteiger partial charge in [-0.3, -0.25) is 0 Å². The molecule has 0 amide bonds. The molecule has 2 nitrogen and oxygen atoms in total. The van der Waals surface area contributed by atoms with Gasteiger partial charge in [0.15, 0.2) is 0 Å². The van der Waals surface area contributed by atoms with Crippen molar-refractivity contribution in [2.45, 2.75) is 51.6 Å². The first-order chi connectivity index (χ1) is 9.72. The van der Waals surface area contributed by atoms with Gasteiger partial charge in [-0.15, -0.1) is 0 Å². The van der Waals surface area contributed by atoms with Crippen molar-refractivity contribution in [2.24, 2.45) is 5.92 Å². The van der Waals surface area contributed by atoms with Crippen LogP contribution in [0.2, 0.25) is 0 Å². The lowest BCUT2D eigenvalue weighted by Crippen LogP contribution is -2.34. The highest BCUT2D eigenvalue weighted by molar-refractivity contribution is 5.26. The third-order valence-corrected chi connectivity index (χ3v) is 4.92. The summed E-state index contributed by atoms with van der Waals surface area (Å²) in [5, 5.41) is 3.75. The molecule has 0 aromatic heterocycles. The van der Waals surface area contributed by atoms with Crippen LogP contribution >= 0.6 is 0 Å². The topological polar surface area (TPSA) is 15.3 Å². The zero-order valence-electron chi connectivity index (χ0n) is 12.9. The van der Waals surface area contributed by atoms with Gasteiger partial charge in [-0.05, 0) is 69.7 Å². The summed E-state index contributed by atoms with van der Waals surface area (Å²) in [6, 6.07) is 10.3. The van der Waals surface area contributed by atoms with Crippen LogP contribution in [0.4, 0.5) is 0 Å². The van der Waals surface area contributed by atoms with Crippen LogP contribution in [0.5, 0.6) is 0 Å². The van der Waals surface area contributed by atoms with Crippen molar-refractivity contribution in [3.63, 3.8) is 0 Å². The number of hydrogen-bond acceptors (Lipinski definition) is 2. The number of likely N-dealkylation sites (tertiary alicyclic amines) is 1. The zero-order chi connectivity index (χ0) is 13.9. The van der Waals surface area contributed by atoms with E-state index in [0.29, 0.717) is 6.04 Å². The molecule has 2 aliphatic rings. The van der Waals surface area contributed by atoms with Gasteiger partial charge in [0, 0.05) is 18.6 Å². The minimum Gasteiger partial charge on any atom is -0.314 e. The van der Waals surface area contributed by atoms with E-state index in [4.69, 9.17) is 0 Å². The Balaban J connectivity index is 1.41. The number of rotatable bonds is 6. The molecule has 1 aromatic carbocycles. The predicted octanol–water partition coefficient (Wildman–Crippen LogP) is 3.00. The summed E-state index contributed by atoms with van der Waals surface area (Å²) in [5.74, 6) is 0.870. The second-order valence-electron chi connectivity index (χ2n) is 6.82. The molecule has 0 bridgehead atoms. The minimum atomic E-state index is 0.575. The molecule has 2 heteroatoms. The second kappa shape index (κ2) is 6.28. The van der Waals surface area contributed by atoms with E-state index in [9.17, 15) is 0 Å². The maximum atomic E-state index is 3.75. The molecule has 1 saturated heterocycles. The predicted molar refractivity (Wildman–Crippen MR) is 85.0 cm³/mol. The number of aryl methyl sites for hydroxylation is 1. The molecule has 20 heavy (non-hydrogen) atoms. The molecular formula is C18H28N2. The lowest BCUT2D eigenvalue weighted by atomic mass is 10.0. The fourth-order valence-electron chi connectivity index (χ4n) is 3.41. The van der Waals surface area contributed by atoms with Crippen LogP contribution in [0, 0.1) is 12.8 Å². The van der Waals surface area contributed by atoms with Gasteiger partial charge in [0.2, 0.25) is 0 Å². The highest BCUT2D eigenvalue weighted by Gasteiger charge is 2.34. The Morgan fingerprint density at radius 3 is 2.80 bits per heavy atom. The van der Waals surface area contributed by atoms with Crippen molar-refractivity contribution in [3.05, 3.63) is 35.4 Å². The molecule has 3 rings (SSSR count). The maximum absolute atomic E-state index is 3.75. The molecule has 1 heterocycles. The highest BCUT2D eigenvalue weighted by Crippen LogP contribution is 2.31. The molecule has 1 aliphatic heterocycles. The van der Waals surface area contributed by atoms with E-state index in [-0.39, 0.29) is 0 Å². The van der Waals surface area contributed by atoms with Crippen LogP contribution in [0.3, 0.4) is 0 Å². The Kier molecular flexibility index (Phi) is 4.42.